The molecule has 3 aromatic heterocycles. The van der Waals surface area contributed by atoms with E-state index in [0.717, 1.165) is 18.7 Å². The summed E-state index contributed by atoms with van der Waals surface area (Å²) in [5.74, 6) is 0.391. The van der Waals surface area contributed by atoms with E-state index in [1.807, 2.05) is 23.0 Å². The quantitative estimate of drug-likeness (QED) is 0.518. The van der Waals surface area contributed by atoms with Crippen molar-refractivity contribution in [3.05, 3.63) is 45.9 Å². The summed E-state index contributed by atoms with van der Waals surface area (Å²) in [6.07, 6.45) is 8.85. The van der Waals surface area contributed by atoms with Crippen LogP contribution in [0.25, 0.3) is 0 Å². The van der Waals surface area contributed by atoms with Gasteiger partial charge in [-0.2, -0.15) is 11.3 Å². The summed E-state index contributed by atoms with van der Waals surface area (Å²) in [4.78, 5) is 34.6. The Morgan fingerprint density at radius 1 is 1.16 bits per heavy atom. The van der Waals surface area contributed by atoms with Crippen LogP contribution < -0.4 is 10.6 Å². The fourth-order valence-corrected chi connectivity index (χ4v) is 4.62. The van der Waals surface area contributed by atoms with Crippen LogP contribution in [0.2, 0.25) is 0 Å². The van der Waals surface area contributed by atoms with Gasteiger partial charge in [-0.1, -0.05) is 20.3 Å². The Kier molecular flexibility index (Phi) is 9.39. The second kappa shape index (κ2) is 12.5. The van der Waals surface area contributed by atoms with Gasteiger partial charge in [-0.05, 0) is 54.2 Å². The zero-order valence-corrected chi connectivity index (χ0v) is 20.0. The van der Waals surface area contributed by atoms with Crippen molar-refractivity contribution >= 4 is 45.6 Å². The number of aromatic nitrogens is 2. The highest BCUT2D eigenvalue weighted by molar-refractivity contribution is 7.15. The van der Waals surface area contributed by atoms with Crippen molar-refractivity contribution in [2.45, 2.75) is 45.4 Å². The van der Waals surface area contributed by atoms with E-state index < -0.39 is 0 Å². The molecule has 0 aromatic carbocycles. The zero-order chi connectivity index (χ0) is 22.8. The minimum atomic E-state index is -0.0562. The lowest BCUT2D eigenvalue weighted by molar-refractivity contribution is -0.117. The van der Waals surface area contributed by atoms with Crippen molar-refractivity contribution < 1.29 is 14.0 Å². The predicted molar refractivity (Wildman–Crippen MR) is 128 cm³/mol. The van der Waals surface area contributed by atoms with Gasteiger partial charge in [0.25, 0.3) is 0 Å². The van der Waals surface area contributed by atoms with Crippen LogP contribution in [0.5, 0.6) is 0 Å². The molecule has 4 heterocycles. The van der Waals surface area contributed by atoms with Gasteiger partial charge in [0, 0.05) is 11.1 Å². The van der Waals surface area contributed by atoms with Gasteiger partial charge in [0.1, 0.15) is 6.26 Å². The number of oxazole rings is 1. The number of nitrogens with one attached hydrogen (secondary N) is 2. The molecule has 0 aliphatic carbocycles. The normalized spacial score (nSPS) is 14.0. The molecule has 0 bridgehead atoms. The highest BCUT2D eigenvalue weighted by Crippen LogP contribution is 2.25. The van der Waals surface area contributed by atoms with E-state index in [2.05, 4.69) is 39.3 Å². The third kappa shape index (κ3) is 8.18. The Bertz CT molecular complexity index is 948. The summed E-state index contributed by atoms with van der Waals surface area (Å²) in [6, 6.07) is 2.24. The van der Waals surface area contributed by atoms with Gasteiger partial charge >= 0.3 is 6.01 Å². The molecule has 0 radical (unpaired) electrons. The summed E-state index contributed by atoms with van der Waals surface area (Å²) < 4.78 is 4.93. The van der Waals surface area contributed by atoms with Crippen LogP contribution >= 0.6 is 22.7 Å². The molecule has 1 aliphatic heterocycles. The Morgan fingerprint density at radius 2 is 1.97 bits per heavy atom. The number of likely N-dealkylation sites (tertiary alicyclic amines) is 1. The number of thiophene rings is 1. The highest BCUT2D eigenvalue weighted by atomic mass is 32.1. The van der Waals surface area contributed by atoms with Gasteiger partial charge in [0.05, 0.1) is 19.2 Å². The largest absolute Gasteiger partial charge is 0.432 e. The van der Waals surface area contributed by atoms with Crippen LogP contribution in [0, 0.1) is 0 Å². The van der Waals surface area contributed by atoms with Gasteiger partial charge in [-0.25, -0.2) is 9.97 Å². The summed E-state index contributed by atoms with van der Waals surface area (Å²) in [7, 11) is 0. The Balaban J connectivity index is 0.000000182. The molecule has 2 amide bonds. The van der Waals surface area contributed by atoms with E-state index in [1.165, 1.54) is 36.6 Å². The van der Waals surface area contributed by atoms with Crippen LogP contribution in [0.4, 0.5) is 11.1 Å². The first-order valence-corrected chi connectivity index (χ1v) is 12.4. The number of hydrogen-bond acceptors (Lipinski definition) is 8. The lowest BCUT2D eigenvalue weighted by Gasteiger charge is -2.25. The molecule has 1 aliphatic rings. The van der Waals surface area contributed by atoms with E-state index >= 15 is 0 Å². The van der Waals surface area contributed by atoms with Crippen LogP contribution in [0.3, 0.4) is 0 Å². The maximum Gasteiger partial charge on any atom is 0.301 e. The number of rotatable bonds is 7. The average molecular weight is 476 g/mol. The van der Waals surface area contributed by atoms with Gasteiger partial charge < -0.3 is 9.73 Å². The second-order valence-corrected chi connectivity index (χ2v) is 9.64. The zero-order valence-electron chi connectivity index (χ0n) is 18.4. The van der Waals surface area contributed by atoms with Gasteiger partial charge in [-0.15, -0.1) is 11.3 Å². The predicted octanol–water partition coefficient (Wildman–Crippen LogP) is 4.61. The first-order valence-electron chi connectivity index (χ1n) is 10.7. The number of nitrogens with zero attached hydrogens (tertiary/aromatic N) is 3. The monoisotopic (exact) mass is 475 g/mol. The van der Waals surface area contributed by atoms with Crippen molar-refractivity contribution in [1.82, 2.24) is 14.9 Å². The molecule has 4 rings (SSSR count). The standard InChI is InChI=1S/C12H14N2OS2.C10H15N3O2/c1-8(2)10-6-13-12(17-10)14-11(15)5-9-3-4-16-7-9;14-9(12-10-11-4-7-15-10)8-13-5-2-1-3-6-13/h3-4,6-8H,5H2,1-2H3,(H,13,14,15);4,7H,1-3,5-6,8H2,(H,11,12,14). The van der Waals surface area contributed by atoms with E-state index in [0.29, 0.717) is 24.0 Å². The van der Waals surface area contributed by atoms with E-state index in [1.54, 1.807) is 22.7 Å². The fraction of sp³-hybridized carbons (Fsp3) is 0.455. The Hall–Kier alpha value is -2.56. The fourth-order valence-electron chi connectivity index (χ4n) is 3.12. The molecule has 10 heteroatoms. The summed E-state index contributed by atoms with van der Waals surface area (Å²) in [6.45, 7) is 6.69. The molecule has 0 saturated carbocycles. The number of carbonyl (C=O) groups excluding carboxylic acids is 2. The van der Waals surface area contributed by atoms with Crippen molar-refractivity contribution in [3.8, 4) is 0 Å². The molecule has 172 valence electrons. The summed E-state index contributed by atoms with van der Waals surface area (Å²) in [5, 5.41) is 10.1. The first-order chi connectivity index (χ1) is 15.5. The topological polar surface area (TPSA) is 100 Å². The molecule has 3 aromatic rings. The molecule has 0 atom stereocenters. The smallest absolute Gasteiger partial charge is 0.301 e. The minimum absolute atomic E-state index is 0.00643. The molecular formula is C22H29N5O3S2. The van der Waals surface area contributed by atoms with Crippen molar-refractivity contribution in [2.75, 3.05) is 30.3 Å². The van der Waals surface area contributed by atoms with Crippen LogP contribution in [0.1, 0.15) is 49.5 Å². The maximum atomic E-state index is 11.7. The van der Waals surface area contributed by atoms with Crippen molar-refractivity contribution in [3.63, 3.8) is 0 Å². The van der Waals surface area contributed by atoms with Gasteiger partial charge in [0.2, 0.25) is 11.8 Å². The minimum Gasteiger partial charge on any atom is -0.432 e. The van der Waals surface area contributed by atoms with E-state index in [-0.39, 0.29) is 17.8 Å². The SMILES string of the molecule is CC(C)c1cnc(NC(=O)Cc2ccsc2)s1.O=C(CN1CCCCC1)Nc1ncco1. The van der Waals surface area contributed by atoms with Crippen molar-refractivity contribution in [1.29, 1.82) is 0 Å². The number of thiazole rings is 1. The number of piperidine rings is 1. The molecule has 1 fully saturated rings. The average Bonchev–Trinajstić information content (AvgIpc) is 3.52. The molecule has 0 unspecified atom stereocenters. The molecule has 32 heavy (non-hydrogen) atoms. The lowest BCUT2D eigenvalue weighted by Crippen LogP contribution is -2.36. The molecule has 8 nitrogen and oxygen atoms in total. The Labute approximate surface area is 196 Å². The number of anilines is 2. The second-order valence-electron chi connectivity index (χ2n) is 7.80. The molecule has 1 saturated heterocycles. The maximum absolute atomic E-state index is 11.7. The lowest BCUT2D eigenvalue weighted by atomic mass is 10.1. The van der Waals surface area contributed by atoms with E-state index in [9.17, 15) is 9.59 Å². The van der Waals surface area contributed by atoms with Crippen molar-refractivity contribution in [2.24, 2.45) is 0 Å². The van der Waals surface area contributed by atoms with E-state index in [4.69, 9.17) is 4.42 Å². The molecule has 0 spiro atoms. The highest BCUT2D eigenvalue weighted by Gasteiger charge is 2.14. The summed E-state index contributed by atoms with van der Waals surface area (Å²) in [5.41, 5.74) is 1.05. The third-order valence-corrected chi connectivity index (χ3v) is 6.72. The number of carbonyl (C=O) groups is 2. The molecule has 2 N–H and O–H groups in total. The third-order valence-electron chi connectivity index (χ3n) is 4.78. The van der Waals surface area contributed by atoms with Crippen LogP contribution in [-0.4, -0.2) is 46.3 Å². The van der Waals surface area contributed by atoms with Gasteiger partial charge in [0.15, 0.2) is 5.13 Å². The Morgan fingerprint density at radius 3 is 2.59 bits per heavy atom. The summed E-state index contributed by atoms with van der Waals surface area (Å²) >= 11 is 3.14. The number of hydrogen-bond donors (Lipinski definition) is 2. The first kappa shape index (κ1) is 24.1. The molecular weight excluding hydrogens is 446 g/mol. The van der Waals surface area contributed by atoms with Crippen LogP contribution in [-0.2, 0) is 16.0 Å². The van der Waals surface area contributed by atoms with Gasteiger partial charge in [-0.3, -0.25) is 19.8 Å². The van der Waals surface area contributed by atoms with Crippen LogP contribution in [0.15, 0.2) is 39.9 Å². The number of amides is 2.